The number of nitrogens with two attached hydrogens (primary N) is 1. The first-order valence-electron chi connectivity index (χ1n) is 6.25. The van der Waals surface area contributed by atoms with Gasteiger partial charge in [0.1, 0.15) is 5.75 Å². The van der Waals surface area contributed by atoms with Crippen LogP contribution in [-0.4, -0.2) is 16.0 Å². The molecule has 2 aromatic carbocycles. The predicted octanol–water partition coefficient (Wildman–Crippen LogP) is 3.36. The number of rotatable bonds is 2. The summed E-state index contributed by atoms with van der Waals surface area (Å²) in [6.45, 7) is 0. The largest absolute Gasteiger partial charge is 0.508 e. The molecule has 21 heavy (non-hydrogen) atoms. The zero-order valence-electron chi connectivity index (χ0n) is 10.9. The van der Waals surface area contributed by atoms with Crippen LogP contribution in [-0.2, 0) is 0 Å². The molecule has 0 unspecified atom stereocenters. The van der Waals surface area contributed by atoms with Crippen LogP contribution in [0.15, 0.2) is 48.5 Å². The van der Waals surface area contributed by atoms with E-state index in [4.69, 9.17) is 17.3 Å². The van der Waals surface area contributed by atoms with E-state index in [1.165, 1.54) is 0 Å². The number of phenolic OH excluding ortho intramolecular Hbond substituents is 1. The molecule has 104 valence electrons. The highest BCUT2D eigenvalue weighted by molar-refractivity contribution is 6.36. The quantitative estimate of drug-likeness (QED) is 0.761. The molecule has 0 fully saturated rings. The smallest absolute Gasteiger partial charge is 0.250 e. The van der Waals surface area contributed by atoms with Crippen LogP contribution < -0.4 is 5.73 Å². The first-order valence-corrected chi connectivity index (χ1v) is 6.62. The molecule has 0 bridgehead atoms. The summed E-state index contributed by atoms with van der Waals surface area (Å²) in [7, 11) is 0. The van der Waals surface area contributed by atoms with Gasteiger partial charge in [-0.3, -0.25) is 4.79 Å². The molecule has 0 saturated heterocycles. The fourth-order valence-corrected chi connectivity index (χ4v) is 2.44. The molecule has 3 rings (SSSR count). The highest BCUT2D eigenvalue weighted by Gasteiger charge is 2.12. The third-order valence-corrected chi connectivity index (χ3v) is 3.53. The molecule has 4 nitrogen and oxygen atoms in total. The van der Waals surface area contributed by atoms with Crippen LogP contribution in [0.5, 0.6) is 5.75 Å². The number of carbonyl (C=O) groups is 1. The van der Waals surface area contributed by atoms with Crippen molar-refractivity contribution in [3.05, 3.63) is 59.1 Å². The summed E-state index contributed by atoms with van der Waals surface area (Å²) in [4.78, 5) is 16.0. The van der Waals surface area contributed by atoms with E-state index in [9.17, 15) is 9.90 Å². The average molecular weight is 299 g/mol. The summed E-state index contributed by atoms with van der Waals surface area (Å²) < 4.78 is 0. The van der Waals surface area contributed by atoms with Gasteiger partial charge < -0.3 is 10.8 Å². The van der Waals surface area contributed by atoms with Crippen LogP contribution >= 0.6 is 11.6 Å². The highest BCUT2D eigenvalue weighted by atomic mass is 35.5. The van der Waals surface area contributed by atoms with Gasteiger partial charge in [-0.15, -0.1) is 0 Å². The molecule has 3 aromatic rings. The molecule has 0 spiro atoms. The number of primary amides is 1. The van der Waals surface area contributed by atoms with Crippen molar-refractivity contribution < 1.29 is 9.90 Å². The fraction of sp³-hybridized carbons (Fsp3) is 0. The summed E-state index contributed by atoms with van der Waals surface area (Å²) in [6.07, 6.45) is 0. The van der Waals surface area contributed by atoms with E-state index in [0.717, 1.165) is 5.56 Å². The van der Waals surface area contributed by atoms with Crippen molar-refractivity contribution in [1.82, 2.24) is 4.98 Å². The maximum atomic E-state index is 11.5. The number of halogens is 1. The molecule has 1 amide bonds. The van der Waals surface area contributed by atoms with E-state index in [1.807, 2.05) is 0 Å². The minimum absolute atomic E-state index is 0.170. The van der Waals surface area contributed by atoms with Gasteiger partial charge in [0, 0.05) is 10.9 Å². The first-order chi connectivity index (χ1) is 10.1. The van der Waals surface area contributed by atoms with Gasteiger partial charge in [0.2, 0.25) is 0 Å². The molecule has 0 aliphatic heterocycles. The standard InChI is InChI=1S/C16H11ClN2O2/c17-13-8-14(9-4-6-10(20)7-5-9)19-15-11(13)2-1-3-12(15)16(18)21/h1-8,20H,(H2,18,21). The summed E-state index contributed by atoms with van der Waals surface area (Å²) in [5, 5.41) is 10.5. The molecular weight excluding hydrogens is 288 g/mol. The number of aromatic hydroxyl groups is 1. The molecule has 5 heteroatoms. The van der Waals surface area contributed by atoms with Gasteiger partial charge in [0.15, 0.2) is 0 Å². The van der Waals surface area contributed by atoms with E-state index in [2.05, 4.69) is 4.98 Å². The lowest BCUT2D eigenvalue weighted by atomic mass is 10.1. The van der Waals surface area contributed by atoms with E-state index in [-0.39, 0.29) is 5.75 Å². The molecule has 1 aromatic heterocycles. The highest BCUT2D eigenvalue weighted by Crippen LogP contribution is 2.30. The SMILES string of the molecule is NC(=O)c1cccc2c(Cl)cc(-c3ccc(O)cc3)nc12. The second kappa shape index (κ2) is 5.07. The van der Waals surface area contributed by atoms with Crippen LogP contribution in [0, 0.1) is 0 Å². The van der Waals surface area contributed by atoms with Crippen molar-refractivity contribution in [3.63, 3.8) is 0 Å². The molecule has 0 aliphatic carbocycles. The molecule has 0 radical (unpaired) electrons. The Kier molecular flexibility index (Phi) is 3.23. The number of fused-ring (bicyclic) bond motifs is 1. The summed E-state index contributed by atoms with van der Waals surface area (Å²) in [5.74, 6) is -0.379. The normalized spacial score (nSPS) is 10.7. The minimum atomic E-state index is -0.549. The lowest BCUT2D eigenvalue weighted by molar-refractivity contribution is 0.100. The Labute approximate surface area is 125 Å². The Morgan fingerprint density at radius 3 is 2.52 bits per heavy atom. The van der Waals surface area contributed by atoms with E-state index < -0.39 is 5.91 Å². The topological polar surface area (TPSA) is 76.2 Å². The Bertz CT molecular complexity index is 845. The molecular formula is C16H11ClN2O2. The van der Waals surface area contributed by atoms with E-state index in [1.54, 1.807) is 48.5 Å². The van der Waals surface area contributed by atoms with Gasteiger partial charge in [-0.2, -0.15) is 0 Å². The predicted molar refractivity (Wildman–Crippen MR) is 82.4 cm³/mol. The van der Waals surface area contributed by atoms with Gasteiger partial charge in [-0.25, -0.2) is 4.98 Å². The van der Waals surface area contributed by atoms with Crippen LogP contribution in [0.1, 0.15) is 10.4 Å². The van der Waals surface area contributed by atoms with E-state index >= 15 is 0 Å². The van der Waals surface area contributed by atoms with Crippen LogP contribution in [0.2, 0.25) is 5.02 Å². The number of nitrogens with zero attached hydrogens (tertiary/aromatic N) is 1. The van der Waals surface area contributed by atoms with Crippen LogP contribution in [0.4, 0.5) is 0 Å². The molecule has 1 heterocycles. The number of hydrogen-bond donors (Lipinski definition) is 2. The molecule has 0 saturated carbocycles. The van der Waals surface area contributed by atoms with Crippen molar-refractivity contribution in [3.8, 4) is 17.0 Å². The zero-order chi connectivity index (χ0) is 15.0. The van der Waals surface area contributed by atoms with Crippen molar-refractivity contribution in [2.75, 3.05) is 0 Å². The molecule has 0 aliphatic rings. The van der Waals surface area contributed by atoms with Crippen molar-refractivity contribution in [2.45, 2.75) is 0 Å². The number of amides is 1. The van der Waals surface area contributed by atoms with Crippen LogP contribution in [0.3, 0.4) is 0 Å². The fourth-order valence-electron chi connectivity index (χ4n) is 2.19. The Balaban J connectivity index is 2.28. The number of phenols is 1. The number of hydrogen-bond acceptors (Lipinski definition) is 3. The summed E-state index contributed by atoms with van der Waals surface area (Å²) in [5.41, 5.74) is 7.59. The monoisotopic (exact) mass is 298 g/mol. The lowest BCUT2D eigenvalue weighted by Gasteiger charge is -2.08. The van der Waals surface area contributed by atoms with E-state index in [0.29, 0.717) is 27.2 Å². The number of carbonyl (C=O) groups excluding carboxylic acids is 1. The Morgan fingerprint density at radius 2 is 1.86 bits per heavy atom. The number of aromatic nitrogens is 1. The van der Waals surface area contributed by atoms with Crippen molar-refractivity contribution in [2.24, 2.45) is 5.73 Å². The van der Waals surface area contributed by atoms with Crippen LogP contribution in [0.25, 0.3) is 22.2 Å². The third-order valence-electron chi connectivity index (χ3n) is 3.22. The maximum absolute atomic E-state index is 11.5. The lowest BCUT2D eigenvalue weighted by Crippen LogP contribution is -2.12. The van der Waals surface area contributed by atoms with Gasteiger partial charge >= 0.3 is 0 Å². The van der Waals surface area contributed by atoms with Gasteiger partial charge in [0.05, 0.1) is 21.8 Å². The average Bonchev–Trinajstić information content (AvgIpc) is 2.47. The Hall–Kier alpha value is -2.59. The van der Waals surface area contributed by atoms with Crippen molar-refractivity contribution in [1.29, 1.82) is 0 Å². The third kappa shape index (κ3) is 2.41. The van der Waals surface area contributed by atoms with Gasteiger partial charge in [-0.1, -0.05) is 23.7 Å². The first kappa shape index (κ1) is 13.4. The zero-order valence-corrected chi connectivity index (χ0v) is 11.6. The maximum Gasteiger partial charge on any atom is 0.250 e. The number of para-hydroxylation sites is 1. The molecule has 3 N–H and O–H groups in total. The Morgan fingerprint density at radius 1 is 1.14 bits per heavy atom. The number of pyridine rings is 1. The van der Waals surface area contributed by atoms with Crippen molar-refractivity contribution >= 4 is 28.4 Å². The summed E-state index contributed by atoms with van der Waals surface area (Å²) >= 11 is 6.28. The molecule has 0 atom stereocenters. The van der Waals surface area contributed by atoms with Gasteiger partial charge in [0.25, 0.3) is 5.91 Å². The second-order valence-corrected chi connectivity index (χ2v) is 5.01. The summed E-state index contributed by atoms with van der Waals surface area (Å²) in [6, 6.07) is 13.4. The van der Waals surface area contributed by atoms with Gasteiger partial charge in [-0.05, 0) is 36.4 Å². The minimum Gasteiger partial charge on any atom is -0.508 e. The second-order valence-electron chi connectivity index (χ2n) is 4.60. The number of benzene rings is 2.